The lowest BCUT2D eigenvalue weighted by Crippen LogP contribution is -2.36. The van der Waals surface area contributed by atoms with Gasteiger partial charge in [-0.1, -0.05) is 30.3 Å². The van der Waals surface area contributed by atoms with Crippen molar-refractivity contribution in [2.45, 2.75) is 39.0 Å². The minimum atomic E-state index is -4.44. The second-order valence-electron chi connectivity index (χ2n) is 7.03. The molecule has 0 amide bonds. The molecule has 1 aliphatic heterocycles. The lowest BCUT2D eigenvalue weighted by atomic mass is 10.0. The van der Waals surface area contributed by atoms with Crippen molar-refractivity contribution in [3.8, 4) is 5.69 Å². The van der Waals surface area contributed by atoms with Crippen LogP contribution in [-0.4, -0.2) is 27.3 Å². The van der Waals surface area contributed by atoms with Gasteiger partial charge in [-0.15, -0.1) is 0 Å². The van der Waals surface area contributed by atoms with Crippen LogP contribution >= 0.6 is 0 Å². The topological polar surface area (TPSA) is 21.1 Å². The molecule has 6 heteroatoms. The molecule has 3 aromatic rings. The third-order valence-corrected chi connectivity index (χ3v) is 5.07. The molecule has 0 radical (unpaired) electrons. The van der Waals surface area contributed by atoms with Crippen molar-refractivity contribution in [1.29, 1.82) is 0 Å². The first-order valence-electron chi connectivity index (χ1n) is 8.76. The quantitative estimate of drug-likeness (QED) is 0.655. The minimum absolute atomic E-state index is 0.275. The third kappa shape index (κ3) is 2.88. The molecule has 0 saturated carbocycles. The van der Waals surface area contributed by atoms with Gasteiger partial charge in [-0.3, -0.25) is 4.90 Å². The van der Waals surface area contributed by atoms with Gasteiger partial charge in [-0.25, -0.2) is 4.68 Å². The van der Waals surface area contributed by atoms with E-state index in [1.165, 1.54) is 4.68 Å². The Kier molecular flexibility index (Phi) is 4.03. The number of hydrogen-bond donors (Lipinski definition) is 0. The molecule has 0 atom stereocenters. The summed E-state index contributed by atoms with van der Waals surface area (Å²) < 4.78 is 42.1. The summed E-state index contributed by atoms with van der Waals surface area (Å²) in [5.74, 6) is 0. The number of hydrogen-bond acceptors (Lipinski definition) is 2. The van der Waals surface area contributed by atoms with Crippen LogP contribution in [0.2, 0.25) is 0 Å². The predicted molar refractivity (Wildman–Crippen MR) is 95.3 cm³/mol. The number of alkyl halides is 3. The molecule has 2 aromatic carbocycles. The highest BCUT2D eigenvalue weighted by Crippen LogP contribution is 2.36. The summed E-state index contributed by atoms with van der Waals surface area (Å²) in [6.07, 6.45) is -4.07. The van der Waals surface area contributed by atoms with Crippen LogP contribution < -0.4 is 0 Å². The van der Waals surface area contributed by atoms with E-state index >= 15 is 0 Å². The van der Waals surface area contributed by atoms with Gasteiger partial charge < -0.3 is 0 Å². The second-order valence-corrected chi connectivity index (χ2v) is 7.03. The fraction of sp³-hybridized carbons (Fsp3) is 0.350. The van der Waals surface area contributed by atoms with Gasteiger partial charge in [0.25, 0.3) is 0 Å². The summed E-state index contributed by atoms with van der Waals surface area (Å²) in [5.41, 5.74) is 0.903. The van der Waals surface area contributed by atoms with E-state index < -0.39 is 11.9 Å². The Balaban J connectivity index is 1.88. The van der Waals surface area contributed by atoms with Gasteiger partial charge in [0.1, 0.15) is 0 Å². The average molecular weight is 359 g/mol. The number of nitrogens with zero attached hydrogens (tertiary/aromatic N) is 3. The average Bonchev–Trinajstić information content (AvgIpc) is 3.00. The molecular weight excluding hydrogens is 339 g/mol. The van der Waals surface area contributed by atoms with E-state index in [4.69, 9.17) is 0 Å². The Hall–Kier alpha value is -2.34. The molecule has 1 aliphatic rings. The third-order valence-electron chi connectivity index (χ3n) is 5.07. The number of rotatable bonds is 2. The smallest absolute Gasteiger partial charge is 0.295 e. The zero-order valence-corrected chi connectivity index (χ0v) is 14.7. The van der Waals surface area contributed by atoms with E-state index in [1.54, 1.807) is 0 Å². The zero-order valence-electron chi connectivity index (χ0n) is 14.7. The van der Waals surface area contributed by atoms with Crippen LogP contribution in [0.5, 0.6) is 0 Å². The molecule has 0 saturated heterocycles. The summed E-state index contributed by atoms with van der Waals surface area (Å²) in [5, 5.41) is 6.04. The Bertz CT molecular complexity index is 957. The van der Waals surface area contributed by atoms with Gasteiger partial charge in [0, 0.05) is 24.7 Å². The fourth-order valence-electron chi connectivity index (χ4n) is 3.63. The standard InChI is InChI=1S/C20H20F3N3/c1-13(2)25-10-9-17-18(12-25)26(24-19(17)20(21,22)23)16-8-7-14-5-3-4-6-15(14)11-16/h3-8,11,13H,9-10,12H2,1-2H3. The highest BCUT2D eigenvalue weighted by atomic mass is 19.4. The van der Waals surface area contributed by atoms with Crippen LogP contribution in [0, 0.1) is 0 Å². The molecular formula is C20H20F3N3. The van der Waals surface area contributed by atoms with Crippen molar-refractivity contribution in [3.05, 3.63) is 59.4 Å². The Morgan fingerprint density at radius 2 is 1.77 bits per heavy atom. The van der Waals surface area contributed by atoms with E-state index in [2.05, 4.69) is 23.8 Å². The van der Waals surface area contributed by atoms with Crippen LogP contribution in [0.3, 0.4) is 0 Å². The minimum Gasteiger partial charge on any atom is -0.295 e. The molecule has 0 N–H and O–H groups in total. The zero-order chi connectivity index (χ0) is 18.5. The van der Waals surface area contributed by atoms with Crippen LogP contribution in [-0.2, 0) is 19.1 Å². The maximum Gasteiger partial charge on any atom is 0.435 e. The van der Waals surface area contributed by atoms with Gasteiger partial charge in [0.05, 0.1) is 11.4 Å². The molecule has 0 fully saturated rings. The Morgan fingerprint density at radius 1 is 1.04 bits per heavy atom. The highest BCUT2D eigenvalue weighted by molar-refractivity contribution is 5.84. The van der Waals surface area contributed by atoms with Gasteiger partial charge in [0.2, 0.25) is 0 Å². The van der Waals surface area contributed by atoms with Crippen molar-refractivity contribution in [1.82, 2.24) is 14.7 Å². The largest absolute Gasteiger partial charge is 0.435 e. The molecule has 0 bridgehead atoms. The maximum absolute atomic E-state index is 13.5. The second kappa shape index (κ2) is 6.13. The van der Waals surface area contributed by atoms with E-state index in [-0.39, 0.29) is 6.04 Å². The summed E-state index contributed by atoms with van der Waals surface area (Å²) in [7, 11) is 0. The summed E-state index contributed by atoms with van der Waals surface area (Å²) >= 11 is 0. The Labute approximate surface area is 150 Å². The van der Waals surface area contributed by atoms with Crippen molar-refractivity contribution in [3.63, 3.8) is 0 Å². The summed E-state index contributed by atoms with van der Waals surface area (Å²) in [6, 6.07) is 13.7. The number of aromatic nitrogens is 2. The first-order valence-corrected chi connectivity index (χ1v) is 8.76. The lowest BCUT2D eigenvalue weighted by Gasteiger charge is -2.31. The monoisotopic (exact) mass is 359 g/mol. The summed E-state index contributed by atoms with van der Waals surface area (Å²) in [6.45, 7) is 5.22. The van der Waals surface area contributed by atoms with Crippen molar-refractivity contribution >= 4 is 10.8 Å². The molecule has 3 nitrogen and oxygen atoms in total. The van der Waals surface area contributed by atoms with Crippen LogP contribution in [0.15, 0.2) is 42.5 Å². The molecule has 26 heavy (non-hydrogen) atoms. The van der Waals surface area contributed by atoms with Gasteiger partial charge >= 0.3 is 6.18 Å². The number of benzene rings is 2. The van der Waals surface area contributed by atoms with E-state index in [0.29, 0.717) is 36.5 Å². The van der Waals surface area contributed by atoms with Crippen molar-refractivity contribution in [2.75, 3.05) is 6.54 Å². The van der Waals surface area contributed by atoms with Crippen LogP contribution in [0.1, 0.15) is 30.8 Å². The first kappa shape index (κ1) is 17.1. The lowest BCUT2D eigenvalue weighted by molar-refractivity contribution is -0.142. The van der Waals surface area contributed by atoms with E-state index in [1.807, 2.05) is 42.5 Å². The molecule has 1 aromatic heterocycles. The van der Waals surface area contributed by atoms with Gasteiger partial charge in [-0.2, -0.15) is 18.3 Å². The molecule has 4 rings (SSSR count). The van der Waals surface area contributed by atoms with Crippen molar-refractivity contribution in [2.24, 2.45) is 0 Å². The number of fused-ring (bicyclic) bond motifs is 2. The predicted octanol–water partition coefficient (Wildman–Crippen LogP) is 4.81. The first-order chi connectivity index (χ1) is 12.3. The van der Waals surface area contributed by atoms with E-state index in [0.717, 1.165) is 10.8 Å². The maximum atomic E-state index is 13.5. The van der Waals surface area contributed by atoms with E-state index in [9.17, 15) is 13.2 Å². The molecule has 0 aliphatic carbocycles. The van der Waals surface area contributed by atoms with Gasteiger partial charge in [-0.05, 0) is 43.2 Å². The molecule has 2 heterocycles. The van der Waals surface area contributed by atoms with Crippen LogP contribution in [0.25, 0.3) is 16.5 Å². The van der Waals surface area contributed by atoms with Crippen LogP contribution in [0.4, 0.5) is 13.2 Å². The fourth-order valence-corrected chi connectivity index (χ4v) is 3.63. The SMILES string of the molecule is CC(C)N1CCc2c(C(F)(F)F)nn(-c3ccc4ccccc4c3)c2C1. The number of halogens is 3. The van der Waals surface area contributed by atoms with Gasteiger partial charge in [0.15, 0.2) is 5.69 Å². The highest BCUT2D eigenvalue weighted by Gasteiger charge is 2.40. The van der Waals surface area contributed by atoms with Crippen molar-refractivity contribution < 1.29 is 13.2 Å². The normalized spacial score (nSPS) is 15.6. The molecule has 0 spiro atoms. The molecule has 136 valence electrons. The Morgan fingerprint density at radius 3 is 2.46 bits per heavy atom. The summed E-state index contributed by atoms with van der Waals surface area (Å²) in [4.78, 5) is 2.18. The molecule has 0 unspecified atom stereocenters.